The maximum absolute atomic E-state index is 12.8. The van der Waals surface area contributed by atoms with Crippen molar-refractivity contribution in [1.82, 2.24) is 14.8 Å². The molecule has 0 unspecified atom stereocenters. The van der Waals surface area contributed by atoms with Crippen molar-refractivity contribution in [2.75, 3.05) is 19.6 Å². The first-order chi connectivity index (χ1) is 16.1. The molecule has 3 aromatic rings. The number of nitrogens with zero attached hydrogens (tertiary/aromatic N) is 2. The van der Waals surface area contributed by atoms with Crippen LogP contribution in [0.3, 0.4) is 0 Å². The molecule has 5 heteroatoms. The van der Waals surface area contributed by atoms with Crippen LogP contribution in [-0.2, 0) is 19.4 Å². The number of likely N-dealkylation sites (tertiary alicyclic amines) is 1. The third kappa shape index (κ3) is 4.79. The zero-order valence-electron chi connectivity index (χ0n) is 19.2. The molecule has 3 heterocycles. The maximum atomic E-state index is 12.8. The quantitative estimate of drug-likeness (QED) is 0.643. The Bertz CT molecular complexity index is 1180. The first-order valence-electron chi connectivity index (χ1n) is 12.0. The monoisotopic (exact) mass is 441 g/mol. The molecule has 1 amide bonds. The number of hydrogen-bond acceptors (Lipinski definition) is 3. The number of rotatable bonds is 5. The summed E-state index contributed by atoms with van der Waals surface area (Å²) >= 11 is 0. The van der Waals surface area contributed by atoms with Crippen molar-refractivity contribution >= 4 is 5.91 Å². The van der Waals surface area contributed by atoms with Gasteiger partial charge in [0, 0.05) is 37.9 Å². The van der Waals surface area contributed by atoms with Gasteiger partial charge >= 0.3 is 0 Å². The van der Waals surface area contributed by atoms with Crippen LogP contribution >= 0.6 is 0 Å². The average molecular weight is 442 g/mol. The number of nitrogens with one attached hydrogen (secondary N) is 1. The Labute approximate surface area is 195 Å². The molecule has 5 rings (SSSR count). The maximum Gasteiger partial charge on any atom is 0.255 e. The molecule has 0 radical (unpaired) electrons. The standard InChI is InChI=1S/C28H31N3O2/c1-20-3-2-14-30(20)15-12-21-4-6-22(7-5-21)23-8-9-26-19-31(16-13-24(26)17-23)28(33)25-10-11-27(32)29-18-25/h4-11,17-18,20H,2-3,12-16,19H2,1H3,(H,29,32)/t20-/m1/s1. The minimum Gasteiger partial charge on any atom is -0.334 e. The van der Waals surface area contributed by atoms with Crippen molar-refractivity contribution < 1.29 is 4.79 Å². The molecule has 5 nitrogen and oxygen atoms in total. The summed E-state index contributed by atoms with van der Waals surface area (Å²) in [6.07, 6.45) is 6.10. The Hall–Kier alpha value is -3.18. The van der Waals surface area contributed by atoms with Crippen LogP contribution in [0, 0.1) is 0 Å². The smallest absolute Gasteiger partial charge is 0.255 e. The predicted octanol–water partition coefficient (Wildman–Crippen LogP) is 4.27. The summed E-state index contributed by atoms with van der Waals surface area (Å²) in [4.78, 5) is 31.1. The van der Waals surface area contributed by atoms with Crippen molar-refractivity contribution in [2.45, 2.75) is 45.2 Å². The number of carbonyl (C=O) groups excluding carboxylic acids is 1. The molecule has 0 saturated carbocycles. The highest BCUT2D eigenvalue weighted by Gasteiger charge is 2.22. The van der Waals surface area contributed by atoms with Gasteiger partial charge < -0.3 is 14.8 Å². The second-order valence-corrected chi connectivity index (χ2v) is 9.38. The summed E-state index contributed by atoms with van der Waals surface area (Å²) in [7, 11) is 0. The molecule has 0 aliphatic carbocycles. The number of carbonyl (C=O) groups is 1. The minimum atomic E-state index is -0.197. The number of amides is 1. The molecule has 1 N–H and O–H groups in total. The summed E-state index contributed by atoms with van der Waals surface area (Å²) in [6.45, 7) is 6.00. The van der Waals surface area contributed by atoms with E-state index < -0.39 is 0 Å². The molecule has 1 atom stereocenters. The number of aromatic amines is 1. The van der Waals surface area contributed by atoms with Gasteiger partial charge in [0.1, 0.15) is 0 Å². The Morgan fingerprint density at radius 2 is 1.82 bits per heavy atom. The lowest BCUT2D eigenvalue weighted by molar-refractivity contribution is 0.0734. The molecule has 2 aromatic carbocycles. The van der Waals surface area contributed by atoms with Crippen LogP contribution in [0.15, 0.2) is 65.6 Å². The summed E-state index contributed by atoms with van der Waals surface area (Å²) in [5.74, 6) is -0.0418. The predicted molar refractivity (Wildman–Crippen MR) is 131 cm³/mol. The molecule has 2 aliphatic heterocycles. The molecular weight excluding hydrogens is 410 g/mol. The molecule has 0 bridgehead atoms. The van der Waals surface area contributed by atoms with Gasteiger partial charge in [-0.3, -0.25) is 9.59 Å². The van der Waals surface area contributed by atoms with Crippen LogP contribution in [-0.4, -0.2) is 46.4 Å². The molecular formula is C28H31N3O2. The fourth-order valence-electron chi connectivity index (χ4n) is 5.09. The average Bonchev–Trinajstić information content (AvgIpc) is 3.27. The van der Waals surface area contributed by atoms with Gasteiger partial charge in [0.15, 0.2) is 0 Å². The third-order valence-corrected chi connectivity index (χ3v) is 7.20. The highest BCUT2D eigenvalue weighted by atomic mass is 16.2. The van der Waals surface area contributed by atoms with E-state index in [-0.39, 0.29) is 11.5 Å². The first-order valence-corrected chi connectivity index (χ1v) is 12.0. The summed E-state index contributed by atoms with van der Waals surface area (Å²) in [5, 5.41) is 0. The number of fused-ring (bicyclic) bond motifs is 1. The number of H-pyrrole nitrogens is 1. The molecule has 1 aromatic heterocycles. The van der Waals surface area contributed by atoms with Gasteiger partial charge in [-0.2, -0.15) is 0 Å². The SMILES string of the molecule is C[C@@H]1CCCN1CCc1ccc(-c2ccc3c(c2)CCN(C(=O)c2ccc(=O)[nH]c2)C3)cc1. The van der Waals surface area contributed by atoms with Gasteiger partial charge in [-0.15, -0.1) is 0 Å². The molecule has 1 fully saturated rings. The largest absolute Gasteiger partial charge is 0.334 e. The van der Waals surface area contributed by atoms with E-state index in [0.29, 0.717) is 18.7 Å². The minimum absolute atomic E-state index is 0.0418. The van der Waals surface area contributed by atoms with Crippen molar-refractivity contribution in [2.24, 2.45) is 0 Å². The van der Waals surface area contributed by atoms with E-state index in [1.165, 1.54) is 59.5 Å². The van der Waals surface area contributed by atoms with E-state index in [0.717, 1.165) is 25.4 Å². The van der Waals surface area contributed by atoms with Gasteiger partial charge in [-0.25, -0.2) is 0 Å². The normalized spacial score (nSPS) is 18.3. The van der Waals surface area contributed by atoms with E-state index in [4.69, 9.17) is 0 Å². The topological polar surface area (TPSA) is 56.4 Å². The molecule has 2 aliphatic rings. The van der Waals surface area contributed by atoms with Crippen LogP contribution in [0.5, 0.6) is 0 Å². The Balaban J connectivity index is 1.24. The highest BCUT2D eigenvalue weighted by Crippen LogP contribution is 2.27. The van der Waals surface area contributed by atoms with Crippen LogP contribution in [0.2, 0.25) is 0 Å². The van der Waals surface area contributed by atoms with Crippen LogP contribution in [0.1, 0.15) is 46.8 Å². The van der Waals surface area contributed by atoms with Gasteiger partial charge in [0.2, 0.25) is 5.56 Å². The molecule has 0 spiro atoms. The highest BCUT2D eigenvalue weighted by molar-refractivity contribution is 5.94. The molecule has 1 saturated heterocycles. The Kier molecular flexibility index (Phi) is 6.14. The van der Waals surface area contributed by atoms with Crippen molar-refractivity contribution in [3.8, 4) is 11.1 Å². The Morgan fingerprint density at radius 3 is 2.55 bits per heavy atom. The van der Waals surface area contributed by atoms with Crippen molar-refractivity contribution in [3.63, 3.8) is 0 Å². The first kappa shape index (κ1) is 21.7. The van der Waals surface area contributed by atoms with E-state index in [1.54, 1.807) is 6.07 Å². The van der Waals surface area contributed by atoms with Crippen LogP contribution in [0.4, 0.5) is 0 Å². The van der Waals surface area contributed by atoms with Crippen LogP contribution < -0.4 is 5.56 Å². The lowest BCUT2D eigenvalue weighted by Gasteiger charge is -2.29. The van der Waals surface area contributed by atoms with Crippen molar-refractivity contribution in [3.05, 3.63) is 93.4 Å². The molecule has 33 heavy (non-hydrogen) atoms. The van der Waals surface area contributed by atoms with Gasteiger partial charge in [0.05, 0.1) is 5.56 Å². The summed E-state index contributed by atoms with van der Waals surface area (Å²) in [5.41, 5.74) is 6.69. The fraction of sp³-hybridized carbons (Fsp3) is 0.357. The van der Waals surface area contributed by atoms with E-state index in [2.05, 4.69) is 59.3 Å². The lowest BCUT2D eigenvalue weighted by atomic mass is 9.94. The second-order valence-electron chi connectivity index (χ2n) is 9.38. The van der Waals surface area contributed by atoms with Gasteiger partial charge in [0.25, 0.3) is 5.91 Å². The van der Waals surface area contributed by atoms with Gasteiger partial charge in [-0.1, -0.05) is 42.5 Å². The zero-order valence-corrected chi connectivity index (χ0v) is 19.2. The van der Waals surface area contributed by atoms with E-state index in [1.807, 2.05) is 4.90 Å². The second kappa shape index (κ2) is 9.36. The van der Waals surface area contributed by atoms with E-state index in [9.17, 15) is 9.59 Å². The van der Waals surface area contributed by atoms with Crippen LogP contribution in [0.25, 0.3) is 11.1 Å². The number of benzene rings is 2. The van der Waals surface area contributed by atoms with Crippen molar-refractivity contribution in [1.29, 1.82) is 0 Å². The zero-order chi connectivity index (χ0) is 22.8. The summed E-state index contributed by atoms with van der Waals surface area (Å²) in [6, 6.07) is 19.3. The summed E-state index contributed by atoms with van der Waals surface area (Å²) < 4.78 is 0. The fourth-order valence-corrected chi connectivity index (χ4v) is 5.09. The van der Waals surface area contributed by atoms with E-state index >= 15 is 0 Å². The number of hydrogen-bond donors (Lipinski definition) is 1. The molecule has 170 valence electrons. The number of pyridine rings is 1. The Morgan fingerprint density at radius 1 is 1.00 bits per heavy atom. The number of aromatic nitrogens is 1. The lowest BCUT2D eigenvalue weighted by Crippen LogP contribution is -2.36. The van der Waals surface area contributed by atoms with Gasteiger partial charge in [-0.05, 0) is 73.0 Å². The third-order valence-electron chi connectivity index (χ3n) is 7.20.